The summed E-state index contributed by atoms with van der Waals surface area (Å²) in [7, 11) is -1.68. The number of benzene rings is 1. The Kier molecular flexibility index (Phi) is 5.05. The number of rotatable bonds is 6. The minimum atomic E-state index is -3.25. The van der Waals surface area contributed by atoms with E-state index >= 15 is 0 Å². The largest absolute Gasteiger partial charge is 0.397 e. The summed E-state index contributed by atoms with van der Waals surface area (Å²) < 4.78 is 25.1. The highest BCUT2D eigenvalue weighted by atomic mass is 32.2. The lowest BCUT2D eigenvalue weighted by atomic mass is 10.2. The van der Waals surface area contributed by atoms with Gasteiger partial charge in [-0.05, 0) is 39.0 Å². The fourth-order valence-electron chi connectivity index (χ4n) is 1.92. The molecule has 108 valence electrons. The molecule has 0 aliphatic rings. The minimum absolute atomic E-state index is 0.0779. The molecule has 0 aliphatic heterocycles. The van der Waals surface area contributed by atoms with Gasteiger partial charge in [0.2, 0.25) is 10.0 Å². The van der Waals surface area contributed by atoms with Crippen LogP contribution in [0.4, 0.5) is 17.1 Å². The molecule has 0 heterocycles. The predicted molar refractivity (Wildman–Crippen MR) is 82.3 cm³/mol. The number of nitrogens with two attached hydrogens (primary N) is 1. The average molecular weight is 285 g/mol. The maximum absolute atomic E-state index is 11.9. The van der Waals surface area contributed by atoms with Gasteiger partial charge in [-0.25, -0.2) is 8.42 Å². The lowest BCUT2D eigenvalue weighted by Crippen LogP contribution is -2.29. The molecule has 0 aliphatic carbocycles. The van der Waals surface area contributed by atoms with Crippen molar-refractivity contribution < 1.29 is 8.42 Å². The third kappa shape index (κ3) is 3.32. The third-order valence-electron chi connectivity index (χ3n) is 3.26. The van der Waals surface area contributed by atoms with Crippen molar-refractivity contribution >= 4 is 27.1 Å². The number of hydrogen-bond donors (Lipinski definition) is 1. The molecule has 0 aromatic heterocycles. The molecule has 0 radical (unpaired) electrons. The Morgan fingerprint density at radius 1 is 1.16 bits per heavy atom. The van der Waals surface area contributed by atoms with E-state index in [1.54, 1.807) is 26.1 Å². The molecule has 0 saturated carbocycles. The van der Waals surface area contributed by atoms with Gasteiger partial charge in [0, 0.05) is 20.1 Å². The van der Waals surface area contributed by atoms with E-state index in [1.807, 2.05) is 19.9 Å². The van der Waals surface area contributed by atoms with Gasteiger partial charge in [0.05, 0.1) is 22.8 Å². The summed E-state index contributed by atoms with van der Waals surface area (Å²) >= 11 is 0. The van der Waals surface area contributed by atoms with Gasteiger partial charge in [0.1, 0.15) is 0 Å². The monoisotopic (exact) mass is 285 g/mol. The Bertz CT molecular complexity index is 525. The molecule has 0 bridgehead atoms. The first kappa shape index (κ1) is 15.6. The molecule has 0 saturated heterocycles. The average Bonchev–Trinajstić information content (AvgIpc) is 2.41. The Morgan fingerprint density at radius 2 is 1.74 bits per heavy atom. The molecule has 0 atom stereocenters. The van der Waals surface area contributed by atoms with Gasteiger partial charge >= 0.3 is 0 Å². The van der Waals surface area contributed by atoms with Crippen LogP contribution in [0, 0.1) is 0 Å². The maximum atomic E-state index is 11.9. The van der Waals surface area contributed by atoms with Crippen molar-refractivity contribution in [1.82, 2.24) is 0 Å². The Morgan fingerprint density at radius 3 is 2.21 bits per heavy atom. The summed E-state index contributed by atoms with van der Waals surface area (Å²) in [6.07, 6.45) is 0. The quantitative estimate of drug-likeness (QED) is 0.811. The van der Waals surface area contributed by atoms with Crippen LogP contribution in [0.5, 0.6) is 0 Å². The molecule has 19 heavy (non-hydrogen) atoms. The van der Waals surface area contributed by atoms with Gasteiger partial charge < -0.3 is 10.6 Å². The SMILES string of the molecule is CCN(CC)c1cc(N(C)S(=O)(=O)CC)ccc1N. The second kappa shape index (κ2) is 6.14. The van der Waals surface area contributed by atoms with Gasteiger partial charge in [0.15, 0.2) is 0 Å². The van der Waals surface area contributed by atoms with Crippen molar-refractivity contribution in [1.29, 1.82) is 0 Å². The van der Waals surface area contributed by atoms with Crippen molar-refractivity contribution in [3.63, 3.8) is 0 Å². The predicted octanol–water partition coefficient (Wildman–Crippen LogP) is 1.90. The second-order valence-electron chi connectivity index (χ2n) is 4.28. The van der Waals surface area contributed by atoms with Crippen LogP contribution in [0.1, 0.15) is 20.8 Å². The fraction of sp³-hybridized carbons (Fsp3) is 0.538. The molecule has 1 aromatic rings. The fourth-order valence-corrected chi connectivity index (χ4v) is 2.74. The zero-order chi connectivity index (χ0) is 14.6. The Balaban J connectivity index is 3.23. The van der Waals surface area contributed by atoms with Crippen molar-refractivity contribution in [2.24, 2.45) is 0 Å². The van der Waals surface area contributed by atoms with Gasteiger partial charge in [0.25, 0.3) is 0 Å². The summed E-state index contributed by atoms with van der Waals surface area (Å²) in [4.78, 5) is 2.10. The number of sulfonamides is 1. The third-order valence-corrected chi connectivity index (χ3v) is 5.04. The van der Waals surface area contributed by atoms with Crippen LogP contribution in [-0.4, -0.2) is 34.3 Å². The van der Waals surface area contributed by atoms with Gasteiger partial charge in [-0.1, -0.05) is 0 Å². The van der Waals surface area contributed by atoms with E-state index in [9.17, 15) is 8.42 Å². The van der Waals surface area contributed by atoms with Crippen LogP contribution < -0.4 is 14.9 Å². The molecule has 0 fully saturated rings. The standard InChI is InChI=1S/C13H23N3O2S/c1-5-16(6-2)13-10-11(8-9-12(13)14)15(4)19(17,18)7-3/h8-10H,5-7,14H2,1-4H3. The molecular weight excluding hydrogens is 262 g/mol. The van der Waals surface area contributed by atoms with E-state index in [4.69, 9.17) is 5.73 Å². The maximum Gasteiger partial charge on any atom is 0.234 e. The smallest absolute Gasteiger partial charge is 0.234 e. The molecule has 1 aromatic carbocycles. The molecule has 0 unspecified atom stereocenters. The van der Waals surface area contributed by atoms with Crippen LogP contribution in [0.2, 0.25) is 0 Å². The van der Waals surface area contributed by atoms with Crippen molar-refractivity contribution in [2.75, 3.05) is 40.8 Å². The number of nitrogen functional groups attached to an aromatic ring is 1. The number of nitrogens with zero attached hydrogens (tertiary/aromatic N) is 2. The van der Waals surface area contributed by atoms with Gasteiger partial charge in [-0.15, -0.1) is 0 Å². The molecule has 2 N–H and O–H groups in total. The summed E-state index contributed by atoms with van der Waals surface area (Å²) in [6, 6.07) is 5.32. The zero-order valence-electron chi connectivity index (χ0n) is 12.0. The highest BCUT2D eigenvalue weighted by Crippen LogP contribution is 2.29. The van der Waals surface area contributed by atoms with Gasteiger partial charge in [-0.2, -0.15) is 0 Å². The molecule has 0 amide bonds. The van der Waals surface area contributed by atoms with Crippen LogP contribution in [-0.2, 0) is 10.0 Å². The first-order valence-electron chi connectivity index (χ1n) is 6.48. The van der Waals surface area contributed by atoms with Crippen molar-refractivity contribution in [3.05, 3.63) is 18.2 Å². The van der Waals surface area contributed by atoms with Crippen molar-refractivity contribution in [2.45, 2.75) is 20.8 Å². The minimum Gasteiger partial charge on any atom is -0.397 e. The zero-order valence-corrected chi connectivity index (χ0v) is 12.9. The van der Waals surface area contributed by atoms with Gasteiger partial charge in [-0.3, -0.25) is 4.31 Å². The highest BCUT2D eigenvalue weighted by Gasteiger charge is 2.17. The van der Waals surface area contributed by atoms with Crippen molar-refractivity contribution in [3.8, 4) is 0 Å². The molecule has 6 heteroatoms. The van der Waals surface area contributed by atoms with Crippen LogP contribution in [0.15, 0.2) is 18.2 Å². The lowest BCUT2D eigenvalue weighted by molar-refractivity contribution is 0.595. The summed E-state index contributed by atoms with van der Waals surface area (Å²) in [5.74, 6) is 0.0779. The second-order valence-corrected chi connectivity index (χ2v) is 6.57. The van der Waals surface area contributed by atoms with E-state index in [1.165, 1.54) is 4.31 Å². The van der Waals surface area contributed by atoms with E-state index in [0.717, 1.165) is 18.8 Å². The van der Waals surface area contributed by atoms with E-state index in [2.05, 4.69) is 4.90 Å². The Hall–Kier alpha value is -1.43. The van der Waals surface area contributed by atoms with Crippen LogP contribution in [0.25, 0.3) is 0 Å². The first-order valence-corrected chi connectivity index (χ1v) is 8.09. The molecule has 5 nitrogen and oxygen atoms in total. The number of anilines is 3. The Labute approximate surface area is 116 Å². The normalized spacial score (nSPS) is 11.4. The molecule has 0 spiro atoms. The summed E-state index contributed by atoms with van der Waals surface area (Å²) in [5.41, 5.74) is 8.15. The number of hydrogen-bond acceptors (Lipinski definition) is 4. The molecule has 1 rings (SSSR count). The summed E-state index contributed by atoms with van der Waals surface area (Å²) in [6.45, 7) is 7.38. The molecular formula is C13H23N3O2S. The lowest BCUT2D eigenvalue weighted by Gasteiger charge is -2.25. The van der Waals surface area contributed by atoms with Crippen LogP contribution in [0.3, 0.4) is 0 Å². The summed E-state index contributed by atoms with van der Waals surface area (Å²) in [5, 5.41) is 0. The highest BCUT2D eigenvalue weighted by molar-refractivity contribution is 7.92. The topological polar surface area (TPSA) is 66.6 Å². The van der Waals surface area contributed by atoms with E-state index in [-0.39, 0.29) is 5.75 Å². The van der Waals surface area contributed by atoms with E-state index in [0.29, 0.717) is 11.4 Å². The van der Waals surface area contributed by atoms with E-state index < -0.39 is 10.0 Å². The van der Waals surface area contributed by atoms with Crippen LogP contribution >= 0.6 is 0 Å². The first-order chi connectivity index (χ1) is 8.87.